The smallest absolute Gasteiger partial charge is 0.332 e. The summed E-state index contributed by atoms with van der Waals surface area (Å²) in [4.78, 5) is 11.7. The van der Waals surface area contributed by atoms with E-state index in [2.05, 4.69) is 0 Å². The number of nitrogens with zero attached hydrogens (tertiary/aromatic N) is 2. The van der Waals surface area contributed by atoms with E-state index in [9.17, 15) is 26.4 Å². The first-order valence-corrected chi connectivity index (χ1v) is 7.94. The molecule has 1 aliphatic heterocycles. The SMILES string of the molecule is O=C(N1CCN(S(=O)(=O)c2cccs2)CC1)C(F)(F)F. The van der Waals surface area contributed by atoms with E-state index >= 15 is 0 Å². The zero-order valence-electron chi connectivity index (χ0n) is 10.1. The molecule has 1 saturated heterocycles. The molecule has 1 aliphatic rings. The van der Waals surface area contributed by atoms with Gasteiger partial charge in [-0.3, -0.25) is 4.79 Å². The van der Waals surface area contributed by atoms with Crippen molar-refractivity contribution in [3.63, 3.8) is 0 Å². The molecule has 0 aliphatic carbocycles. The second-order valence-corrected chi connectivity index (χ2v) is 7.24. The highest BCUT2D eigenvalue weighted by atomic mass is 32.2. The summed E-state index contributed by atoms with van der Waals surface area (Å²) in [6.07, 6.45) is -4.92. The summed E-state index contributed by atoms with van der Waals surface area (Å²) in [5.74, 6) is -1.93. The number of alkyl halides is 3. The third-order valence-corrected chi connectivity index (χ3v) is 6.13. The van der Waals surface area contributed by atoms with Crippen molar-refractivity contribution in [1.29, 1.82) is 0 Å². The van der Waals surface area contributed by atoms with Crippen molar-refractivity contribution in [3.8, 4) is 0 Å². The monoisotopic (exact) mass is 328 g/mol. The Kier molecular flexibility index (Phi) is 4.07. The highest BCUT2D eigenvalue weighted by Gasteiger charge is 2.44. The van der Waals surface area contributed by atoms with E-state index < -0.39 is 22.1 Å². The van der Waals surface area contributed by atoms with Crippen LogP contribution in [0.25, 0.3) is 0 Å². The van der Waals surface area contributed by atoms with Crippen LogP contribution in [0.3, 0.4) is 0 Å². The molecule has 0 saturated carbocycles. The number of rotatable bonds is 2. The van der Waals surface area contributed by atoms with Crippen LogP contribution in [0.5, 0.6) is 0 Å². The lowest BCUT2D eigenvalue weighted by molar-refractivity contribution is -0.186. The molecule has 0 unspecified atom stereocenters. The fraction of sp³-hybridized carbons (Fsp3) is 0.500. The molecule has 0 spiro atoms. The molecule has 1 aromatic heterocycles. The number of hydrogen-bond donors (Lipinski definition) is 0. The van der Waals surface area contributed by atoms with Gasteiger partial charge in [-0.25, -0.2) is 8.42 Å². The van der Waals surface area contributed by atoms with Crippen LogP contribution >= 0.6 is 11.3 Å². The molecule has 0 aromatic carbocycles. The van der Waals surface area contributed by atoms with Gasteiger partial charge in [0.15, 0.2) is 0 Å². The van der Waals surface area contributed by atoms with Gasteiger partial charge in [0.25, 0.3) is 10.0 Å². The van der Waals surface area contributed by atoms with Gasteiger partial charge in [-0.2, -0.15) is 17.5 Å². The van der Waals surface area contributed by atoms with Crippen LogP contribution in [0, 0.1) is 0 Å². The molecule has 10 heteroatoms. The summed E-state index contributed by atoms with van der Waals surface area (Å²) in [6.45, 7) is -0.796. The van der Waals surface area contributed by atoms with Gasteiger partial charge in [-0.1, -0.05) is 6.07 Å². The Balaban J connectivity index is 2.04. The van der Waals surface area contributed by atoms with E-state index in [0.29, 0.717) is 4.90 Å². The van der Waals surface area contributed by atoms with Crippen molar-refractivity contribution in [2.45, 2.75) is 10.4 Å². The summed E-state index contributed by atoms with van der Waals surface area (Å²) in [7, 11) is -3.67. The first-order chi connectivity index (χ1) is 9.23. The van der Waals surface area contributed by atoms with Gasteiger partial charge in [0, 0.05) is 26.2 Å². The summed E-state index contributed by atoms with van der Waals surface area (Å²) >= 11 is 1.04. The Hall–Kier alpha value is -1.13. The largest absolute Gasteiger partial charge is 0.471 e. The standard InChI is InChI=1S/C10H11F3N2O3S2/c11-10(12,13)9(16)14-3-5-15(6-4-14)20(17,18)8-2-1-7-19-8/h1-2,7H,3-6H2. The van der Waals surface area contributed by atoms with E-state index in [0.717, 1.165) is 15.6 Å². The summed E-state index contributed by atoms with van der Waals surface area (Å²) in [6, 6.07) is 3.02. The zero-order valence-corrected chi connectivity index (χ0v) is 11.8. The van der Waals surface area contributed by atoms with E-state index in [4.69, 9.17) is 0 Å². The van der Waals surface area contributed by atoms with Crippen molar-refractivity contribution >= 4 is 27.3 Å². The molecule has 2 rings (SSSR count). The lowest BCUT2D eigenvalue weighted by atomic mass is 10.3. The Labute approximate surface area is 117 Å². The van der Waals surface area contributed by atoms with Crippen LogP contribution in [0.15, 0.2) is 21.7 Å². The van der Waals surface area contributed by atoms with E-state index in [-0.39, 0.29) is 30.4 Å². The van der Waals surface area contributed by atoms with Crippen LogP contribution in [0.4, 0.5) is 13.2 Å². The van der Waals surface area contributed by atoms with Crippen LogP contribution < -0.4 is 0 Å². The number of hydrogen-bond acceptors (Lipinski definition) is 4. The highest BCUT2D eigenvalue weighted by Crippen LogP contribution is 2.24. The fourth-order valence-corrected chi connectivity index (χ4v) is 4.42. The van der Waals surface area contributed by atoms with Gasteiger partial charge < -0.3 is 4.90 Å². The van der Waals surface area contributed by atoms with Gasteiger partial charge in [-0.15, -0.1) is 11.3 Å². The normalized spacial score (nSPS) is 18.2. The minimum absolute atomic E-state index is 0.137. The molecular weight excluding hydrogens is 317 g/mol. The predicted molar refractivity (Wildman–Crippen MR) is 65.7 cm³/mol. The fourth-order valence-electron chi connectivity index (χ4n) is 1.85. The molecule has 20 heavy (non-hydrogen) atoms. The van der Waals surface area contributed by atoms with Crippen molar-refractivity contribution in [2.75, 3.05) is 26.2 Å². The van der Waals surface area contributed by atoms with Gasteiger partial charge >= 0.3 is 12.1 Å². The summed E-state index contributed by atoms with van der Waals surface area (Å²) in [5.41, 5.74) is 0. The van der Waals surface area contributed by atoms with E-state index in [1.807, 2.05) is 0 Å². The quantitative estimate of drug-likeness (QED) is 0.818. The third kappa shape index (κ3) is 2.96. The van der Waals surface area contributed by atoms with Crippen LogP contribution in [0.2, 0.25) is 0 Å². The maximum Gasteiger partial charge on any atom is 0.471 e. The lowest BCUT2D eigenvalue weighted by Gasteiger charge is -2.33. The molecule has 0 bridgehead atoms. The highest BCUT2D eigenvalue weighted by molar-refractivity contribution is 7.91. The van der Waals surface area contributed by atoms with Crippen molar-refractivity contribution in [3.05, 3.63) is 17.5 Å². The summed E-state index contributed by atoms with van der Waals surface area (Å²) in [5, 5.41) is 1.61. The zero-order chi connectivity index (χ0) is 15.0. The van der Waals surface area contributed by atoms with Crippen molar-refractivity contribution in [1.82, 2.24) is 9.21 Å². The van der Waals surface area contributed by atoms with Crippen molar-refractivity contribution in [2.24, 2.45) is 0 Å². The number of sulfonamides is 1. The molecule has 0 radical (unpaired) electrons. The molecule has 1 amide bonds. The lowest BCUT2D eigenvalue weighted by Crippen LogP contribution is -2.53. The van der Waals surface area contributed by atoms with Crippen LogP contribution in [-0.4, -0.2) is 55.9 Å². The van der Waals surface area contributed by atoms with E-state index in [1.165, 1.54) is 6.07 Å². The Morgan fingerprint density at radius 1 is 1.20 bits per heavy atom. The van der Waals surface area contributed by atoms with Gasteiger partial charge in [0.05, 0.1) is 0 Å². The number of piperazine rings is 1. The Morgan fingerprint density at radius 3 is 2.25 bits per heavy atom. The second-order valence-electron chi connectivity index (χ2n) is 4.13. The Morgan fingerprint density at radius 2 is 1.80 bits per heavy atom. The molecule has 5 nitrogen and oxygen atoms in total. The molecule has 0 atom stereocenters. The first-order valence-electron chi connectivity index (χ1n) is 5.62. The molecule has 2 heterocycles. The Bertz CT molecular complexity index is 575. The predicted octanol–water partition coefficient (Wildman–Crippen LogP) is 1.14. The van der Waals surface area contributed by atoms with Crippen molar-refractivity contribution < 1.29 is 26.4 Å². The maximum atomic E-state index is 12.3. The minimum Gasteiger partial charge on any atom is -0.332 e. The minimum atomic E-state index is -4.92. The first kappa shape index (κ1) is 15.3. The molecule has 112 valence electrons. The molecular formula is C10H11F3N2O3S2. The van der Waals surface area contributed by atoms with Crippen LogP contribution in [0.1, 0.15) is 0 Å². The number of thiophene rings is 1. The van der Waals surface area contributed by atoms with E-state index in [1.54, 1.807) is 11.4 Å². The van der Waals surface area contributed by atoms with Gasteiger partial charge in [0.1, 0.15) is 4.21 Å². The molecule has 1 aromatic rings. The number of amides is 1. The average molecular weight is 328 g/mol. The molecule has 0 N–H and O–H groups in total. The molecule has 1 fully saturated rings. The number of carbonyl (C=O) groups is 1. The maximum absolute atomic E-state index is 12.3. The number of carbonyl (C=O) groups excluding carboxylic acids is 1. The summed E-state index contributed by atoms with van der Waals surface area (Å²) < 4.78 is 62.3. The average Bonchev–Trinajstić information content (AvgIpc) is 2.91. The third-order valence-electron chi connectivity index (χ3n) is 2.86. The second kappa shape index (κ2) is 5.34. The van der Waals surface area contributed by atoms with Crippen LogP contribution in [-0.2, 0) is 14.8 Å². The van der Waals surface area contributed by atoms with Gasteiger partial charge in [-0.05, 0) is 11.4 Å². The number of halogens is 3. The van der Waals surface area contributed by atoms with Gasteiger partial charge in [0.2, 0.25) is 0 Å². The topological polar surface area (TPSA) is 57.7 Å².